The molecule has 6 nitrogen and oxygen atoms in total. The molecule has 1 unspecified atom stereocenters. The summed E-state index contributed by atoms with van der Waals surface area (Å²) in [6.07, 6.45) is 4.51. The Bertz CT molecular complexity index is 613. The molecule has 1 saturated heterocycles. The summed E-state index contributed by atoms with van der Waals surface area (Å²) >= 11 is 0. The van der Waals surface area contributed by atoms with E-state index in [-0.39, 0.29) is 23.2 Å². The number of sulfone groups is 1. The van der Waals surface area contributed by atoms with E-state index in [0.717, 1.165) is 13.0 Å². The Kier molecular flexibility index (Phi) is 8.52. The molecule has 0 saturated carbocycles. The average molecular weight is 377 g/mol. The van der Waals surface area contributed by atoms with Gasteiger partial charge in [0.25, 0.3) is 0 Å². The monoisotopic (exact) mass is 376 g/mol. The molecule has 136 valence electrons. The van der Waals surface area contributed by atoms with Crippen LogP contribution in [0.5, 0.6) is 5.75 Å². The van der Waals surface area contributed by atoms with Crippen LogP contribution in [0.4, 0.5) is 0 Å². The minimum atomic E-state index is -3.18. The molecule has 0 aliphatic carbocycles. The van der Waals surface area contributed by atoms with Crippen molar-refractivity contribution in [2.24, 2.45) is 0 Å². The molecule has 0 bridgehead atoms. The number of carbonyl (C=O) groups excluding carboxylic acids is 1. The Morgan fingerprint density at radius 1 is 1.33 bits per heavy atom. The summed E-state index contributed by atoms with van der Waals surface area (Å²) in [6, 6.07) is 6.70. The molecule has 0 spiro atoms. The van der Waals surface area contributed by atoms with Gasteiger partial charge in [-0.25, -0.2) is 8.42 Å². The number of ether oxygens (including phenoxy) is 1. The van der Waals surface area contributed by atoms with Crippen molar-refractivity contribution in [1.82, 2.24) is 10.6 Å². The molecule has 2 rings (SSSR count). The fraction of sp³-hybridized carbons (Fsp3) is 0.562. The van der Waals surface area contributed by atoms with Gasteiger partial charge in [-0.2, -0.15) is 0 Å². The van der Waals surface area contributed by atoms with E-state index in [2.05, 4.69) is 10.6 Å². The van der Waals surface area contributed by atoms with Crippen LogP contribution in [-0.4, -0.2) is 46.3 Å². The molecule has 1 atom stereocenters. The molecule has 1 aliphatic rings. The van der Waals surface area contributed by atoms with Crippen LogP contribution in [0.2, 0.25) is 0 Å². The van der Waals surface area contributed by atoms with Crippen LogP contribution in [-0.2, 0) is 14.6 Å². The number of hydrogen-bond donors (Lipinski definition) is 2. The second-order valence-electron chi connectivity index (χ2n) is 5.79. The number of benzene rings is 1. The van der Waals surface area contributed by atoms with Crippen molar-refractivity contribution in [3.05, 3.63) is 24.3 Å². The van der Waals surface area contributed by atoms with Crippen LogP contribution in [0, 0.1) is 0 Å². The van der Waals surface area contributed by atoms with Crippen molar-refractivity contribution < 1.29 is 17.9 Å². The van der Waals surface area contributed by atoms with Gasteiger partial charge in [0, 0.05) is 25.3 Å². The minimum Gasteiger partial charge on any atom is -0.494 e. The Hall–Kier alpha value is -1.31. The molecule has 1 aromatic rings. The van der Waals surface area contributed by atoms with E-state index < -0.39 is 9.84 Å². The predicted octanol–water partition coefficient (Wildman–Crippen LogP) is 1.54. The lowest BCUT2D eigenvalue weighted by Crippen LogP contribution is -2.37. The van der Waals surface area contributed by atoms with Gasteiger partial charge >= 0.3 is 0 Å². The highest BCUT2D eigenvalue weighted by Gasteiger charge is 2.14. The second kappa shape index (κ2) is 9.86. The number of amides is 1. The van der Waals surface area contributed by atoms with Gasteiger partial charge in [0.2, 0.25) is 5.91 Å². The van der Waals surface area contributed by atoms with Crippen LogP contribution in [0.15, 0.2) is 29.2 Å². The van der Waals surface area contributed by atoms with E-state index in [0.29, 0.717) is 37.8 Å². The lowest BCUT2D eigenvalue weighted by Gasteiger charge is -2.11. The highest BCUT2D eigenvalue weighted by atomic mass is 35.5. The van der Waals surface area contributed by atoms with Crippen LogP contribution in [0.1, 0.15) is 25.7 Å². The molecule has 8 heteroatoms. The number of nitrogens with one attached hydrogen (secondary N) is 2. The quantitative estimate of drug-likeness (QED) is 0.672. The van der Waals surface area contributed by atoms with Crippen molar-refractivity contribution in [2.75, 3.05) is 26.0 Å². The lowest BCUT2D eigenvalue weighted by molar-refractivity contribution is -0.121. The van der Waals surface area contributed by atoms with E-state index in [1.54, 1.807) is 12.1 Å². The molecule has 1 fully saturated rings. The van der Waals surface area contributed by atoms with Gasteiger partial charge in [-0.3, -0.25) is 4.79 Å². The summed E-state index contributed by atoms with van der Waals surface area (Å²) in [4.78, 5) is 12.0. The molecule has 1 amide bonds. The van der Waals surface area contributed by atoms with Crippen LogP contribution < -0.4 is 15.4 Å². The average Bonchev–Trinajstić information content (AvgIpc) is 3.02. The molecule has 1 aromatic carbocycles. The number of hydrogen-bond acceptors (Lipinski definition) is 5. The Balaban J connectivity index is 0.00000288. The Morgan fingerprint density at radius 3 is 2.62 bits per heavy atom. The van der Waals surface area contributed by atoms with E-state index in [1.807, 2.05) is 0 Å². The fourth-order valence-electron chi connectivity index (χ4n) is 2.46. The van der Waals surface area contributed by atoms with Gasteiger partial charge < -0.3 is 15.4 Å². The minimum absolute atomic E-state index is 0. The van der Waals surface area contributed by atoms with E-state index >= 15 is 0 Å². The van der Waals surface area contributed by atoms with Gasteiger partial charge in [0.05, 0.1) is 11.5 Å². The first kappa shape index (κ1) is 20.7. The third-order valence-electron chi connectivity index (χ3n) is 3.78. The van der Waals surface area contributed by atoms with Crippen LogP contribution >= 0.6 is 12.4 Å². The molecule has 2 N–H and O–H groups in total. The number of rotatable bonds is 8. The molecule has 1 aliphatic heterocycles. The van der Waals surface area contributed by atoms with Crippen LogP contribution in [0.3, 0.4) is 0 Å². The maximum atomic E-state index is 11.7. The molecule has 0 radical (unpaired) electrons. The summed E-state index contributed by atoms with van der Waals surface area (Å²) in [6.45, 7) is 2.15. The van der Waals surface area contributed by atoms with E-state index in [4.69, 9.17) is 4.74 Å². The number of carbonyl (C=O) groups is 1. The standard InChI is InChI=1S/C16H24N2O4S.ClH/c1-23(20,21)15-8-6-14(7-9-15)22-11-3-5-16(19)18-12-13-4-2-10-17-13;/h6-9,13,17H,2-5,10-12H2,1H3,(H,18,19);1H. The summed E-state index contributed by atoms with van der Waals surface area (Å²) in [5, 5.41) is 6.26. The molecular formula is C16H25ClN2O4S. The second-order valence-corrected chi connectivity index (χ2v) is 7.81. The zero-order chi connectivity index (χ0) is 16.7. The summed E-state index contributed by atoms with van der Waals surface area (Å²) in [5.41, 5.74) is 0. The summed E-state index contributed by atoms with van der Waals surface area (Å²) < 4.78 is 28.2. The maximum Gasteiger partial charge on any atom is 0.220 e. The van der Waals surface area contributed by atoms with Gasteiger partial charge in [-0.05, 0) is 50.1 Å². The van der Waals surface area contributed by atoms with Crippen molar-refractivity contribution >= 4 is 28.2 Å². The highest BCUT2D eigenvalue weighted by molar-refractivity contribution is 7.90. The fourth-order valence-corrected chi connectivity index (χ4v) is 3.09. The summed E-state index contributed by atoms with van der Waals surface area (Å²) in [7, 11) is -3.18. The highest BCUT2D eigenvalue weighted by Crippen LogP contribution is 2.16. The summed E-state index contributed by atoms with van der Waals surface area (Å²) in [5.74, 6) is 0.641. The van der Waals surface area contributed by atoms with Gasteiger partial charge in [0.15, 0.2) is 9.84 Å². The Labute approximate surface area is 149 Å². The third-order valence-corrected chi connectivity index (χ3v) is 4.91. The van der Waals surface area contributed by atoms with E-state index in [1.165, 1.54) is 24.8 Å². The lowest BCUT2D eigenvalue weighted by atomic mass is 10.2. The van der Waals surface area contributed by atoms with E-state index in [9.17, 15) is 13.2 Å². The van der Waals surface area contributed by atoms with Gasteiger partial charge in [0.1, 0.15) is 5.75 Å². The van der Waals surface area contributed by atoms with Crippen molar-refractivity contribution in [1.29, 1.82) is 0 Å². The van der Waals surface area contributed by atoms with Gasteiger partial charge in [-0.15, -0.1) is 12.4 Å². The first-order chi connectivity index (χ1) is 10.9. The first-order valence-electron chi connectivity index (χ1n) is 7.88. The molecule has 24 heavy (non-hydrogen) atoms. The van der Waals surface area contributed by atoms with Gasteiger partial charge in [-0.1, -0.05) is 0 Å². The topological polar surface area (TPSA) is 84.5 Å². The molecule has 0 aromatic heterocycles. The maximum absolute atomic E-state index is 11.7. The SMILES string of the molecule is CS(=O)(=O)c1ccc(OCCCC(=O)NCC2CCCN2)cc1.Cl. The normalized spacial score (nSPS) is 17.1. The Morgan fingerprint density at radius 2 is 2.04 bits per heavy atom. The first-order valence-corrected chi connectivity index (χ1v) is 9.77. The predicted molar refractivity (Wildman–Crippen MR) is 95.6 cm³/mol. The van der Waals surface area contributed by atoms with Crippen molar-refractivity contribution in [3.8, 4) is 5.75 Å². The zero-order valence-corrected chi connectivity index (χ0v) is 15.4. The van der Waals surface area contributed by atoms with Crippen molar-refractivity contribution in [3.63, 3.8) is 0 Å². The largest absolute Gasteiger partial charge is 0.494 e. The van der Waals surface area contributed by atoms with Crippen molar-refractivity contribution in [2.45, 2.75) is 36.6 Å². The molecule has 1 heterocycles. The zero-order valence-electron chi connectivity index (χ0n) is 13.8. The smallest absolute Gasteiger partial charge is 0.220 e. The third kappa shape index (κ3) is 7.07. The van der Waals surface area contributed by atoms with Crippen LogP contribution in [0.25, 0.3) is 0 Å². The molecular weight excluding hydrogens is 352 g/mol. The number of halogens is 1.